The Hall–Kier alpha value is -1.88. The molecule has 0 saturated heterocycles. The molecule has 0 spiro atoms. The van der Waals surface area contributed by atoms with E-state index >= 15 is 0 Å². The minimum absolute atomic E-state index is 0.151. The molecule has 0 aliphatic rings. The van der Waals surface area contributed by atoms with E-state index in [2.05, 4.69) is 5.32 Å². The quantitative estimate of drug-likeness (QED) is 0.862. The van der Waals surface area contributed by atoms with Crippen molar-refractivity contribution in [2.75, 3.05) is 5.32 Å². The average Bonchev–Trinajstić information content (AvgIpc) is 2.76. The molecular formula is C12H11F2NO2. The molecule has 3 nitrogen and oxygen atoms in total. The van der Waals surface area contributed by atoms with E-state index in [4.69, 9.17) is 9.52 Å². The van der Waals surface area contributed by atoms with Gasteiger partial charge in [-0.05, 0) is 24.3 Å². The fraction of sp³-hybridized carbons (Fsp3) is 0.167. The lowest BCUT2D eigenvalue weighted by molar-refractivity contribution is 0.244. The second-order valence-corrected chi connectivity index (χ2v) is 3.48. The number of halogens is 2. The molecule has 0 saturated carbocycles. The molecule has 2 rings (SSSR count). The normalized spacial score (nSPS) is 10.5. The Morgan fingerprint density at radius 3 is 2.29 bits per heavy atom. The molecule has 0 atom stereocenters. The Morgan fingerprint density at radius 1 is 1.06 bits per heavy atom. The number of nitrogens with one attached hydrogen (secondary N) is 1. The fourth-order valence-corrected chi connectivity index (χ4v) is 1.44. The van der Waals surface area contributed by atoms with Crippen LogP contribution in [0.5, 0.6) is 0 Å². The summed E-state index contributed by atoms with van der Waals surface area (Å²) in [4.78, 5) is 0. The van der Waals surface area contributed by atoms with Crippen LogP contribution >= 0.6 is 0 Å². The average molecular weight is 239 g/mol. The highest BCUT2D eigenvalue weighted by atomic mass is 19.1. The molecule has 0 bridgehead atoms. The van der Waals surface area contributed by atoms with Crippen LogP contribution in [0.15, 0.2) is 34.7 Å². The van der Waals surface area contributed by atoms with Crippen LogP contribution in [0.25, 0.3) is 0 Å². The van der Waals surface area contributed by atoms with E-state index < -0.39 is 11.6 Å². The zero-order chi connectivity index (χ0) is 12.3. The lowest BCUT2D eigenvalue weighted by atomic mass is 10.3. The van der Waals surface area contributed by atoms with E-state index in [0.717, 1.165) is 0 Å². The van der Waals surface area contributed by atoms with E-state index in [1.165, 1.54) is 18.2 Å². The summed E-state index contributed by atoms with van der Waals surface area (Å²) in [5.74, 6) is -0.398. The molecule has 2 N–H and O–H groups in total. The lowest BCUT2D eigenvalue weighted by Crippen LogP contribution is -2.02. The summed E-state index contributed by atoms with van der Waals surface area (Å²) in [5, 5.41) is 11.4. The standard InChI is InChI=1S/C12H11F2NO2/c13-10-2-1-3-11(14)12(10)15-6-8-4-5-9(7-16)17-8/h1-5,15-16H,6-7H2. The Balaban J connectivity index is 2.07. The highest BCUT2D eigenvalue weighted by molar-refractivity contribution is 5.46. The number of anilines is 1. The molecule has 0 amide bonds. The summed E-state index contributed by atoms with van der Waals surface area (Å²) >= 11 is 0. The van der Waals surface area contributed by atoms with Gasteiger partial charge in [0.2, 0.25) is 0 Å². The van der Waals surface area contributed by atoms with Gasteiger partial charge in [-0.2, -0.15) is 0 Å². The minimum Gasteiger partial charge on any atom is -0.462 e. The highest BCUT2D eigenvalue weighted by Gasteiger charge is 2.08. The number of benzene rings is 1. The molecule has 1 heterocycles. The molecule has 5 heteroatoms. The van der Waals surface area contributed by atoms with Crippen LogP contribution in [-0.2, 0) is 13.2 Å². The van der Waals surface area contributed by atoms with Crippen molar-refractivity contribution in [2.45, 2.75) is 13.2 Å². The molecule has 0 aliphatic carbocycles. The number of rotatable bonds is 4. The van der Waals surface area contributed by atoms with Gasteiger partial charge in [0.25, 0.3) is 0 Å². The van der Waals surface area contributed by atoms with Crippen LogP contribution in [0, 0.1) is 11.6 Å². The first-order valence-electron chi connectivity index (χ1n) is 5.07. The molecular weight excluding hydrogens is 228 g/mol. The number of aliphatic hydroxyl groups is 1. The van der Waals surface area contributed by atoms with Gasteiger partial charge in [-0.25, -0.2) is 8.78 Å². The van der Waals surface area contributed by atoms with Gasteiger partial charge < -0.3 is 14.8 Å². The van der Waals surface area contributed by atoms with Gasteiger partial charge in [0, 0.05) is 0 Å². The molecule has 0 unspecified atom stereocenters. The van der Waals surface area contributed by atoms with Crippen molar-refractivity contribution in [1.29, 1.82) is 0 Å². The van der Waals surface area contributed by atoms with Crippen LogP contribution in [-0.4, -0.2) is 5.11 Å². The van der Waals surface area contributed by atoms with Crippen molar-refractivity contribution in [3.05, 3.63) is 53.5 Å². The van der Waals surface area contributed by atoms with Crippen LogP contribution in [0.1, 0.15) is 11.5 Å². The minimum atomic E-state index is -0.654. The molecule has 1 aromatic heterocycles. The molecule has 2 aromatic rings. The van der Waals surface area contributed by atoms with Gasteiger partial charge in [-0.15, -0.1) is 0 Å². The number of hydrogen-bond acceptors (Lipinski definition) is 3. The lowest BCUT2D eigenvalue weighted by Gasteiger charge is -2.06. The smallest absolute Gasteiger partial charge is 0.149 e. The molecule has 1 aromatic carbocycles. The summed E-state index contributed by atoms with van der Waals surface area (Å²) in [6.45, 7) is -0.0497. The van der Waals surface area contributed by atoms with Crippen LogP contribution in [0.3, 0.4) is 0 Å². The zero-order valence-corrected chi connectivity index (χ0v) is 8.91. The van der Waals surface area contributed by atoms with E-state index in [1.807, 2.05) is 0 Å². The number of para-hydroxylation sites is 1. The Morgan fingerprint density at radius 2 is 1.71 bits per heavy atom. The van der Waals surface area contributed by atoms with Crippen LogP contribution in [0.2, 0.25) is 0 Å². The molecule has 17 heavy (non-hydrogen) atoms. The highest BCUT2D eigenvalue weighted by Crippen LogP contribution is 2.19. The molecule has 0 radical (unpaired) electrons. The van der Waals surface area contributed by atoms with Crippen LogP contribution < -0.4 is 5.32 Å². The maximum absolute atomic E-state index is 13.3. The van der Waals surface area contributed by atoms with Crippen molar-refractivity contribution in [2.24, 2.45) is 0 Å². The number of hydrogen-bond donors (Lipinski definition) is 2. The van der Waals surface area contributed by atoms with E-state index in [0.29, 0.717) is 11.5 Å². The van der Waals surface area contributed by atoms with Crippen molar-refractivity contribution >= 4 is 5.69 Å². The first kappa shape index (κ1) is 11.6. The van der Waals surface area contributed by atoms with Gasteiger partial charge >= 0.3 is 0 Å². The van der Waals surface area contributed by atoms with Gasteiger partial charge in [-0.3, -0.25) is 0 Å². The van der Waals surface area contributed by atoms with Crippen molar-refractivity contribution in [3.63, 3.8) is 0 Å². The summed E-state index contributed by atoms with van der Waals surface area (Å²) in [7, 11) is 0. The third-order valence-corrected chi connectivity index (χ3v) is 2.28. The van der Waals surface area contributed by atoms with Crippen molar-refractivity contribution in [3.8, 4) is 0 Å². The first-order valence-corrected chi connectivity index (χ1v) is 5.07. The van der Waals surface area contributed by atoms with Crippen molar-refractivity contribution < 1.29 is 18.3 Å². The second-order valence-electron chi connectivity index (χ2n) is 3.48. The zero-order valence-electron chi connectivity index (χ0n) is 8.91. The van der Waals surface area contributed by atoms with Crippen molar-refractivity contribution in [1.82, 2.24) is 0 Å². The fourth-order valence-electron chi connectivity index (χ4n) is 1.44. The maximum Gasteiger partial charge on any atom is 0.149 e. The Labute approximate surface area is 96.7 Å². The third kappa shape index (κ3) is 2.62. The third-order valence-electron chi connectivity index (χ3n) is 2.28. The summed E-state index contributed by atoms with van der Waals surface area (Å²) < 4.78 is 31.7. The topological polar surface area (TPSA) is 45.4 Å². The number of aliphatic hydroxyl groups excluding tert-OH is 1. The summed E-state index contributed by atoms with van der Waals surface area (Å²) in [5.41, 5.74) is -0.186. The van der Waals surface area contributed by atoms with Gasteiger partial charge in [0.05, 0.1) is 6.54 Å². The van der Waals surface area contributed by atoms with E-state index in [1.54, 1.807) is 12.1 Å². The molecule has 0 fully saturated rings. The largest absolute Gasteiger partial charge is 0.462 e. The monoisotopic (exact) mass is 239 g/mol. The predicted octanol–water partition coefficient (Wildman–Crippen LogP) is 2.66. The Bertz CT molecular complexity index is 491. The summed E-state index contributed by atoms with van der Waals surface area (Å²) in [6.07, 6.45) is 0. The van der Waals surface area contributed by atoms with Gasteiger partial charge in [0.1, 0.15) is 35.4 Å². The summed E-state index contributed by atoms with van der Waals surface area (Å²) in [6, 6.07) is 6.89. The second kappa shape index (κ2) is 4.97. The maximum atomic E-state index is 13.3. The first-order chi connectivity index (χ1) is 8.20. The van der Waals surface area contributed by atoms with Crippen LogP contribution in [0.4, 0.5) is 14.5 Å². The molecule has 0 aliphatic heterocycles. The van der Waals surface area contributed by atoms with E-state index in [-0.39, 0.29) is 18.8 Å². The SMILES string of the molecule is OCc1ccc(CNc2c(F)cccc2F)o1. The van der Waals surface area contributed by atoms with E-state index in [9.17, 15) is 8.78 Å². The molecule has 90 valence electrons. The van der Waals surface area contributed by atoms with Gasteiger partial charge in [-0.1, -0.05) is 6.07 Å². The predicted molar refractivity (Wildman–Crippen MR) is 58.3 cm³/mol. The Kier molecular flexibility index (Phi) is 3.39. The number of furan rings is 1. The van der Waals surface area contributed by atoms with Gasteiger partial charge in [0.15, 0.2) is 0 Å².